The van der Waals surface area contributed by atoms with Crippen molar-refractivity contribution in [2.45, 2.75) is 13.0 Å². The van der Waals surface area contributed by atoms with Crippen LogP contribution in [0.25, 0.3) is 5.65 Å². The summed E-state index contributed by atoms with van der Waals surface area (Å²) in [5.41, 5.74) is 1.11. The van der Waals surface area contributed by atoms with Crippen LogP contribution in [0.15, 0.2) is 48.7 Å². The highest BCUT2D eigenvalue weighted by atomic mass is 16.5. The van der Waals surface area contributed by atoms with Crippen LogP contribution in [-0.2, 0) is 4.79 Å². The van der Waals surface area contributed by atoms with Crippen molar-refractivity contribution in [1.82, 2.24) is 19.9 Å². The van der Waals surface area contributed by atoms with E-state index in [1.165, 1.54) is 0 Å². The van der Waals surface area contributed by atoms with Crippen LogP contribution in [0.5, 0.6) is 5.75 Å². The number of fused-ring (bicyclic) bond motifs is 1. The topological polar surface area (TPSA) is 92.3 Å². The van der Waals surface area contributed by atoms with Gasteiger partial charge in [0.25, 0.3) is 5.91 Å². The number of rotatable bonds is 5. The Hall–Kier alpha value is -3.40. The molecule has 2 heterocycles. The Kier molecular flexibility index (Phi) is 4.38. The number of carbonyl (C=O) groups excluding carboxylic acids is 1. The van der Waals surface area contributed by atoms with E-state index in [1.54, 1.807) is 24.3 Å². The van der Waals surface area contributed by atoms with Gasteiger partial charge in [0.1, 0.15) is 11.8 Å². The van der Waals surface area contributed by atoms with Crippen LogP contribution in [0.2, 0.25) is 0 Å². The number of carbonyl (C=O) groups is 1. The summed E-state index contributed by atoms with van der Waals surface area (Å²) in [7, 11) is 0. The molecule has 0 aliphatic carbocycles. The molecule has 1 amide bonds. The first kappa shape index (κ1) is 15.5. The normalized spacial score (nSPS) is 11.7. The molecule has 120 valence electrons. The van der Waals surface area contributed by atoms with Crippen LogP contribution in [0.1, 0.15) is 24.4 Å². The maximum Gasteiger partial charge on any atom is 0.258 e. The Bertz CT molecular complexity index is 912. The zero-order valence-electron chi connectivity index (χ0n) is 13.0. The lowest BCUT2D eigenvalue weighted by Crippen LogP contribution is -2.32. The number of amides is 1. The molecule has 7 nitrogen and oxygen atoms in total. The molecule has 0 fully saturated rings. The molecule has 0 aliphatic heterocycles. The molecular formula is C17H15N5O2. The van der Waals surface area contributed by atoms with Gasteiger partial charge >= 0.3 is 0 Å². The number of para-hydroxylation sites is 1. The molecule has 0 radical (unpaired) electrons. The van der Waals surface area contributed by atoms with Gasteiger partial charge in [-0.2, -0.15) is 5.26 Å². The van der Waals surface area contributed by atoms with E-state index < -0.39 is 0 Å². The summed E-state index contributed by atoms with van der Waals surface area (Å²) in [4.78, 5) is 12.1. The molecule has 0 saturated carbocycles. The van der Waals surface area contributed by atoms with Gasteiger partial charge in [-0.15, -0.1) is 10.2 Å². The first-order valence-electron chi connectivity index (χ1n) is 7.40. The minimum absolute atomic E-state index is 0.181. The second-order valence-corrected chi connectivity index (χ2v) is 5.17. The van der Waals surface area contributed by atoms with Crippen LogP contribution in [-0.4, -0.2) is 27.1 Å². The number of benzene rings is 1. The van der Waals surface area contributed by atoms with Crippen LogP contribution >= 0.6 is 0 Å². The van der Waals surface area contributed by atoms with Crippen molar-refractivity contribution in [2.75, 3.05) is 6.61 Å². The van der Waals surface area contributed by atoms with Crippen LogP contribution in [0, 0.1) is 11.3 Å². The van der Waals surface area contributed by atoms with Crippen LogP contribution < -0.4 is 10.1 Å². The van der Waals surface area contributed by atoms with E-state index >= 15 is 0 Å². The van der Waals surface area contributed by atoms with Crippen molar-refractivity contribution in [3.05, 3.63) is 60.0 Å². The summed E-state index contributed by atoms with van der Waals surface area (Å²) >= 11 is 0. The van der Waals surface area contributed by atoms with Gasteiger partial charge in [0, 0.05) is 6.20 Å². The fourth-order valence-corrected chi connectivity index (χ4v) is 2.33. The highest BCUT2D eigenvalue weighted by Crippen LogP contribution is 2.16. The third-order valence-electron chi connectivity index (χ3n) is 3.47. The molecular weight excluding hydrogens is 306 g/mol. The molecule has 7 heteroatoms. The summed E-state index contributed by atoms with van der Waals surface area (Å²) in [5.74, 6) is 0.718. The van der Waals surface area contributed by atoms with Crippen molar-refractivity contribution < 1.29 is 9.53 Å². The highest BCUT2D eigenvalue weighted by Gasteiger charge is 2.16. The monoisotopic (exact) mass is 321 g/mol. The minimum atomic E-state index is -0.329. The van der Waals surface area contributed by atoms with Crippen LogP contribution in [0.4, 0.5) is 0 Å². The molecule has 2 aromatic heterocycles. The van der Waals surface area contributed by atoms with Crippen molar-refractivity contribution in [1.29, 1.82) is 5.26 Å². The number of hydrogen-bond acceptors (Lipinski definition) is 5. The summed E-state index contributed by atoms with van der Waals surface area (Å²) in [6.07, 6.45) is 1.84. The standard InChI is InChI=1S/C17H15N5O2/c1-12(17-21-20-15-8-4-5-9-22(15)17)19-16(23)11-24-14-7-3-2-6-13(14)10-18/h2-9,12H,11H2,1H3,(H,19,23). The molecule has 0 saturated heterocycles. The highest BCUT2D eigenvalue weighted by molar-refractivity contribution is 5.78. The second-order valence-electron chi connectivity index (χ2n) is 5.17. The average Bonchev–Trinajstić information content (AvgIpc) is 3.04. The second kappa shape index (κ2) is 6.79. The van der Waals surface area contributed by atoms with E-state index in [1.807, 2.05) is 41.8 Å². The molecule has 1 atom stereocenters. The average molecular weight is 321 g/mol. The third-order valence-corrected chi connectivity index (χ3v) is 3.47. The summed E-state index contributed by atoms with van der Waals surface area (Å²) < 4.78 is 7.23. The van der Waals surface area contributed by atoms with Gasteiger partial charge in [0.05, 0.1) is 11.6 Å². The SMILES string of the molecule is CC(NC(=O)COc1ccccc1C#N)c1nnc2ccccn12. The molecule has 3 rings (SSSR count). The largest absolute Gasteiger partial charge is 0.482 e. The van der Waals surface area contributed by atoms with E-state index in [9.17, 15) is 4.79 Å². The van der Waals surface area contributed by atoms with Crippen molar-refractivity contribution in [3.8, 4) is 11.8 Å². The number of nitrogens with zero attached hydrogens (tertiary/aromatic N) is 4. The first-order valence-corrected chi connectivity index (χ1v) is 7.40. The molecule has 1 N–H and O–H groups in total. The number of hydrogen-bond donors (Lipinski definition) is 1. The first-order chi connectivity index (χ1) is 11.7. The fraction of sp³-hybridized carbons (Fsp3) is 0.176. The Balaban J connectivity index is 1.63. The Morgan fingerprint density at radius 1 is 1.29 bits per heavy atom. The van der Waals surface area contributed by atoms with E-state index in [4.69, 9.17) is 10.00 Å². The van der Waals surface area contributed by atoms with Crippen molar-refractivity contribution >= 4 is 11.6 Å². The summed E-state index contributed by atoms with van der Waals surface area (Å²) in [6, 6.07) is 14.1. The fourth-order valence-electron chi connectivity index (χ4n) is 2.33. The smallest absolute Gasteiger partial charge is 0.258 e. The van der Waals surface area contributed by atoms with Crippen LogP contribution in [0.3, 0.4) is 0 Å². The Labute approximate surface area is 138 Å². The maximum atomic E-state index is 12.1. The quantitative estimate of drug-likeness (QED) is 0.774. The number of nitrogens with one attached hydrogen (secondary N) is 1. The molecule has 3 aromatic rings. The van der Waals surface area contributed by atoms with E-state index in [0.717, 1.165) is 0 Å². The van der Waals surface area contributed by atoms with E-state index in [-0.39, 0.29) is 18.6 Å². The van der Waals surface area contributed by atoms with E-state index in [2.05, 4.69) is 15.5 Å². The summed E-state index contributed by atoms with van der Waals surface area (Å²) in [5, 5.41) is 20.0. The molecule has 0 spiro atoms. The zero-order valence-corrected chi connectivity index (χ0v) is 13.0. The number of nitriles is 1. The van der Waals surface area contributed by atoms with E-state index in [0.29, 0.717) is 22.8 Å². The van der Waals surface area contributed by atoms with Gasteiger partial charge in [0.2, 0.25) is 0 Å². The third kappa shape index (κ3) is 3.17. The minimum Gasteiger partial charge on any atom is -0.482 e. The Morgan fingerprint density at radius 2 is 2.08 bits per heavy atom. The number of aromatic nitrogens is 3. The van der Waals surface area contributed by atoms with Gasteiger partial charge in [-0.25, -0.2) is 0 Å². The van der Waals surface area contributed by atoms with Crippen molar-refractivity contribution in [2.24, 2.45) is 0 Å². The number of ether oxygens (including phenoxy) is 1. The predicted molar refractivity (Wildman–Crippen MR) is 86.2 cm³/mol. The summed E-state index contributed by atoms with van der Waals surface area (Å²) in [6.45, 7) is 1.64. The Morgan fingerprint density at radius 3 is 2.92 bits per heavy atom. The molecule has 0 bridgehead atoms. The molecule has 0 aliphatic rings. The van der Waals surface area contributed by atoms with Gasteiger partial charge in [-0.1, -0.05) is 18.2 Å². The van der Waals surface area contributed by atoms with Gasteiger partial charge in [-0.3, -0.25) is 9.20 Å². The lowest BCUT2D eigenvalue weighted by molar-refractivity contribution is -0.123. The lowest BCUT2D eigenvalue weighted by Gasteiger charge is -2.13. The predicted octanol–water partition coefficient (Wildman–Crippen LogP) is 1.86. The zero-order chi connectivity index (χ0) is 16.9. The van der Waals surface area contributed by atoms with Gasteiger partial charge in [-0.05, 0) is 31.2 Å². The van der Waals surface area contributed by atoms with Gasteiger partial charge < -0.3 is 10.1 Å². The lowest BCUT2D eigenvalue weighted by atomic mass is 10.2. The molecule has 24 heavy (non-hydrogen) atoms. The van der Waals surface area contributed by atoms with Crippen molar-refractivity contribution in [3.63, 3.8) is 0 Å². The molecule has 1 unspecified atom stereocenters. The van der Waals surface area contributed by atoms with Gasteiger partial charge in [0.15, 0.2) is 18.1 Å². The maximum absolute atomic E-state index is 12.1. The number of pyridine rings is 1. The molecule has 1 aromatic carbocycles.